The van der Waals surface area contributed by atoms with Gasteiger partial charge in [-0.3, -0.25) is 0 Å². The Morgan fingerprint density at radius 3 is 2.86 bits per heavy atom. The second-order valence-electron chi connectivity index (χ2n) is 0.854. The molecule has 0 amide bonds. The van der Waals surface area contributed by atoms with E-state index in [2.05, 4.69) is 5.32 Å². The summed E-state index contributed by atoms with van der Waals surface area (Å²) in [7, 11) is 1.82. The highest BCUT2D eigenvalue weighted by molar-refractivity contribution is 7.94. The Kier molecular flexibility index (Phi) is 5.44. The molecule has 7 heavy (non-hydrogen) atoms. The molecule has 0 saturated carbocycles. The number of rotatable bonds is 3. The largest absolute Gasteiger partial charge is 0.432 e. The third-order valence-electron chi connectivity index (χ3n) is 0.386. The van der Waals surface area contributed by atoms with Crippen molar-refractivity contribution >= 4 is 12.0 Å². The summed E-state index contributed by atoms with van der Waals surface area (Å²) in [5, 5.41) is 2.78. The van der Waals surface area contributed by atoms with Crippen LogP contribution >= 0.6 is 12.0 Å². The predicted octanol–water partition coefficient (Wildman–Crippen LogP) is 0.972. The van der Waals surface area contributed by atoms with Crippen LogP contribution in [-0.4, -0.2) is 13.3 Å². The molecule has 0 aliphatic rings. The molecular formula is C4H9NOS. The van der Waals surface area contributed by atoms with Crippen LogP contribution in [0.3, 0.4) is 0 Å². The molecule has 0 rings (SSSR count). The van der Waals surface area contributed by atoms with Gasteiger partial charge in [-0.15, -0.1) is 0 Å². The van der Waals surface area contributed by atoms with Gasteiger partial charge in [-0.05, 0) is 0 Å². The Balaban J connectivity index is 2.78. The van der Waals surface area contributed by atoms with Gasteiger partial charge in [0.2, 0.25) is 0 Å². The summed E-state index contributed by atoms with van der Waals surface area (Å²) < 4.78 is 4.75. The zero-order valence-electron chi connectivity index (χ0n) is 4.47. The van der Waals surface area contributed by atoms with Gasteiger partial charge in [0.1, 0.15) is 6.26 Å². The average Bonchev–Trinajstić information content (AvgIpc) is 1.69. The summed E-state index contributed by atoms with van der Waals surface area (Å²) in [4.78, 5) is 0. The number of nitrogens with one attached hydrogen (secondary N) is 1. The van der Waals surface area contributed by atoms with Crippen LogP contribution in [0.25, 0.3) is 0 Å². The summed E-state index contributed by atoms with van der Waals surface area (Å²) in [5.41, 5.74) is 0. The summed E-state index contributed by atoms with van der Waals surface area (Å²) in [6, 6.07) is 0. The Morgan fingerprint density at radius 1 is 1.71 bits per heavy atom. The molecule has 2 nitrogen and oxygen atoms in total. The zero-order chi connectivity index (χ0) is 5.54. The van der Waals surface area contributed by atoms with Crippen molar-refractivity contribution in [3.8, 4) is 0 Å². The van der Waals surface area contributed by atoms with E-state index in [4.69, 9.17) is 4.18 Å². The minimum absolute atomic E-state index is 1.31. The maximum Gasteiger partial charge on any atom is 0.117 e. The second kappa shape index (κ2) is 5.69. The summed E-state index contributed by atoms with van der Waals surface area (Å²) in [5.74, 6) is 0. The molecule has 0 aliphatic heterocycles. The molecule has 0 fully saturated rings. The van der Waals surface area contributed by atoms with E-state index >= 15 is 0 Å². The van der Waals surface area contributed by atoms with Crippen LogP contribution in [0, 0.1) is 0 Å². The third kappa shape index (κ3) is 5.69. The van der Waals surface area contributed by atoms with Gasteiger partial charge >= 0.3 is 0 Å². The second-order valence-corrected chi connectivity index (χ2v) is 1.38. The Morgan fingerprint density at radius 2 is 2.43 bits per heavy atom. The molecule has 0 aromatic heterocycles. The minimum atomic E-state index is 1.31. The number of hydrogen-bond acceptors (Lipinski definition) is 3. The van der Waals surface area contributed by atoms with Gasteiger partial charge in [0.15, 0.2) is 0 Å². The van der Waals surface area contributed by atoms with Crippen LogP contribution in [0.1, 0.15) is 0 Å². The van der Waals surface area contributed by atoms with Crippen LogP contribution in [-0.2, 0) is 4.18 Å². The highest BCUT2D eigenvalue weighted by atomic mass is 32.2. The van der Waals surface area contributed by atoms with Crippen molar-refractivity contribution in [1.82, 2.24) is 5.32 Å². The van der Waals surface area contributed by atoms with Gasteiger partial charge in [-0.2, -0.15) is 0 Å². The topological polar surface area (TPSA) is 21.3 Å². The predicted molar refractivity (Wildman–Crippen MR) is 32.8 cm³/mol. The lowest BCUT2D eigenvalue weighted by Crippen LogP contribution is -1.90. The first-order valence-electron chi connectivity index (χ1n) is 1.93. The Bertz CT molecular complexity index is 55.7. The van der Waals surface area contributed by atoms with Crippen molar-refractivity contribution in [3.05, 3.63) is 12.5 Å². The van der Waals surface area contributed by atoms with Crippen LogP contribution < -0.4 is 5.32 Å². The summed E-state index contributed by atoms with van der Waals surface area (Å²) >= 11 is 1.31. The standard InChI is InChI=1S/C4H9NOS/c1-5-3-4-6-7-2/h3-5H,1-2H3/b4-3-. The first-order chi connectivity index (χ1) is 3.41. The van der Waals surface area contributed by atoms with Crippen LogP contribution in [0.15, 0.2) is 12.5 Å². The molecule has 0 aliphatic carbocycles. The van der Waals surface area contributed by atoms with Gasteiger partial charge in [0.05, 0.1) is 12.0 Å². The summed E-state index contributed by atoms with van der Waals surface area (Å²) in [6.45, 7) is 0. The molecule has 42 valence electrons. The van der Waals surface area contributed by atoms with Crippen molar-refractivity contribution in [2.24, 2.45) is 0 Å². The van der Waals surface area contributed by atoms with E-state index in [0.717, 1.165) is 0 Å². The van der Waals surface area contributed by atoms with Gasteiger partial charge in [-0.1, -0.05) is 0 Å². The van der Waals surface area contributed by atoms with E-state index < -0.39 is 0 Å². The maximum atomic E-state index is 4.75. The highest BCUT2D eigenvalue weighted by Gasteiger charge is 1.64. The first kappa shape index (κ1) is 6.69. The molecule has 0 atom stereocenters. The first-order valence-corrected chi connectivity index (χ1v) is 3.08. The Hall–Kier alpha value is -0.310. The maximum absolute atomic E-state index is 4.75. The van der Waals surface area contributed by atoms with Crippen LogP contribution in [0.4, 0.5) is 0 Å². The van der Waals surface area contributed by atoms with Crippen LogP contribution in [0.2, 0.25) is 0 Å². The van der Waals surface area contributed by atoms with Crippen molar-refractivity contribution in [1.29, 1.82) is 0 Å². The third-order valence-corrected chi connectivity index (χ3v) is 0.690. The molecule has 0 spiro atoms. The van der Waals surface area contributed by atoms with Gasteiger partial charge in [0, 0.05) is 19.5 Å². The molecule has 0 heterocycles. The normalized spacial score (nSPS) is 9.43. The SMILES string of the molecule is CN/C=C\OSC. The van der Waals surface area contributed by atoms with E-state index in [-0.39, 0.29) is 0 Å². The van der Waals surface area contributed by atoms with Gasteiger partial charge in [0.25, 0.3) is 0 Å². The molecule has 0 radical (unpaired) electrons. The molecule has 0 aromatic rings. The van der Waals surface area contributed by atoms with Crippen molar-refractivity contribution < 1.29 is 4.18 Å². The van der Waals surface area contributed by atoms with E-state index in [1.54, 1.807) is 12.5 Å². The lowest BCUT2D eigenvalue weighted by atomic mass is 11.0. The fraction of sp³-hybridized carbons (Fsp3) is 0.500. The van der Waals surface area contributed by atoms with Crippen molar-refractivity contribution in [2.75, 3.05) is 13.3 Å². The smallest absolute Gasteiger partial charge is 0.117 e. The minimum Gasteiger partial charge on any atom is -0.432 e. The van der Waals surface area contributed by atoms with E-state index in [1.165, 1.54) is 12.0 Å². The molecule has 0 bridgehead atoms. The quantitative estimate of drug-likeness (QED) is 0.442. The van der Waals surface area contributed by atoms with Crippen LogP contribution in [0.5, 0.6) is 0 Å². The zero-order valence-corrected chi connectivity index (χ0v) is 5.29. The van der Waals surface area contributed by atoms with Crippen molar-refractivity contribution in [3.63, 3.8) is 0 Å². The lowest BCUT2D eigenvalue weighted by molar-refractivity contribution is 0.564. The van der Waals surface area contributed by atoms with Gasteiger partial charge in [-0.25, -0.2) is 0 Å². The number of hydrogen-bond donors (Lipinski definition) is 1. The van der Waals surface area contributed by atoms with Crippen molar-refractivity contribution in [2.45, 2.75) is 0 Å². The molecule has 0 saturated heterocycles. The molecule has 0 aromatic carbocycles. The summed E-state index contributed by atoms with van der Waals surface area (Å²) in [6.07, 6.45) is 5.17. The highest BCUT2D eigenvalue weighted by Crippen LogP contribution is 1.92. The van der Waals surface area contributed by atoms with E-state index in [9.17, 15) is 0 Å². The molecular weight excluding hydrogens is 110 g/mol. The average molecular weight is 119 g/mol. The molecule has 3 heteroatoms. The molecule has 1 N–H and O–H groups in total. The van der Waals surface area contributed by atoms with Gasteiger partial charge < -0.3 is 9.50 Å². The fourth-order valence-electron chi connectivity index (χ4n) is 0.151. The Labute approximate surface area is 48.1 Å². The lowest BCUT2D eigenvalue weighted by Gasteiger charge is -1.87. The monoisotopic (exact) mass is 119 g/mol. The fourth-order valence-corrected chi connectivity index (χ4v) is 0.318. The molecule has 0 unspecified atom stereocenters. The van der Waals surface area contributed by atoms with E-state index in [0.29, 0.717) is 0 Å². The van der Waals surface area contributed by atoms with E-state index in [1.807, 2.05) is 13.3 Å².